The van der Waals surface area contributed by atoms with Crippen LogP contribution >= 0.6 is 0 Å². The highest BCUT2D eigenvalue weighted by Crippen LogP contribution is 2.21. The minimum atomic E-state index is -3.64. The van der Waals surface area contributed by atoms with Crippen LogP contribution in [0.2, 0.25) is 0 Å². The van der Waals surface area contributed by atoms with Gasteiger partial charge in [0.25, 0.3) is 5.91 Å². The van der Waals surface area contributed by atoms with Gasteiger partial charge < -0.3 is 5.73 Å². The molecular weight excluding hydrogens is 242 g/mol. The van der Waals surface area contributed by atoms with Crippen molar-refractivity contribution in [2.45, 2.75) is 5.03 Å². The monoisotopic (exact) mass is 251 g/mol. The molecule has 2 aromatic rings. The summed E-state index contributed by atoms with van der Waals surface area (Å²) in [5.41, 5.74) is 5.52. The molecule has 0 spiro atoms. The normalized spacial score (nSPS) is 11.6. The van der Waals surface area contributed by atoms with Crippen molar-refractivity contribution in [1.82, 2.24) is 10.2 Å². The molecule has 1 amide bonds. The Hall–Kier alpha value is -2.02. The molecule has 0 unspecified atom stereocenters. The molecule has 17 heavy (non-hydrogen) atoms. The lowest BCUT2D eigenvalue weighted by Gasteiger charge is -2.06. The Morgan fingerprint density at radius 1 is 1.24 bits per heavy atom. The third-order valence-electron chi connectivity index (χ3n) is 2.23. The molecular formula is C10H9N3O3S. The molecule has 0 radical (unpaired) electrons. The first-order valence-corrected chi connectivity index (χ1v) is 6.55. The lowest BCUT2D eigenvalue weighted by Crippen LogP contribution is -2.18. The maximum atomic E-state index is 11.5. The van der Waals surface area contributed by atoms with E-state index in [9.17, 15) is 13.2 Å². The van der Waals surface area contributed by atoms with Crippen molar-refractivity contribution >= 4 is 26.6 Å². The average Bonchev–Trinajstić information content (AvgIpc) is 2.26. The fourth-order valence-electron chi connectivity index (χ4n) is 1.53. The van der Waals surface area contributed by atoms with Gasteiger partial charge in [0.1, 0.15) is 0 Å². The molecule has 7 heteroatoms. The van der Waals surface area contributed by atoms with Crippen molar-refractivity contribution in [3.63, 3.8) is 0 Å². The second-order valence-electron chi connectivity index (χ2n) is 3.53. The molecule has 0 saturated carbocycles. The maximum absolute atomic E-state index is 11.5. The summed E-state index contributed by atoms with van der Waals surface area (Å²) in [6, 6.07) is 6.59. The van der Waals surface area contributed by atoms with Crippen molar-refractivity contribution < 1.29 is 13.2 Å². The highest BCUT2D eigenvalue weighted by atomic mass is 32.2. The number of hydrogen-bond acceptors (Lipinski definition) is 5. The molecule has 1 heterocycles. The Morgan fingerprint density at radius 2 is 1.88 bits per heavy atom. The first-order valence-electron chi connectivity index (χ1n) is 4.66. The van der Waals surface area contributed by atoms with E-state index in [4.69, 9.17) is 5.73 Å². The van der Waals surface area contributed by atoms with Crippen LogP contribution in [-0.4, -0.2) is 30.8 Å². The van der Waals surface area contributed by atoms with E-state index in [1.54, 1.807) is 24.3 Å². The number of hydrogen-bond donors (Lipinski definition) is 1. The molecule has 0 aliphatic rings. The lowest BCUT2D eigenvalue weighted by molar-refractivity contribution is 0.0998. The largest absolute Gasteiger partial charge is 0.365 e. The summed E-state index contributed by atoms with van der Waals surface area (Å²) in [7, 11) is -3.64. The third-order valence-corrected chi connectivity index (χ3v) is 3.22. The molecule has 1 aromatic carbocycles. The van der Waals surface area contributed by atoms with Crippen molar-refractivity contribution in [2.75, 3.05) is 6.26 Å². The smallest absolute Gasteiger partial charge is 0.252 e. The molecule has 0 aliphatic heterocycles. The van der Waals surface area contributed by atoms with E-state index in [1.165, 1.54) is 0 Å². The summed E-state index contributed by atoms with van der Waals surface area (Å²) in [5.74, 6) is -0.837. The van der Waals surface area contributed by atoms with E-state index < -0.39 is 15.7 Å². The molecule has 0 saturated heterocycles. The first-order chi connectivity index (χ1) is 7.91. The second kappa shape index (κ2) is 3.77. The fraction of sp³-hybridized carbons (Fsp3) is 0.100. The number of rotatable bonds is 2. The topological polar surface area (TPSA) is 103 Å². The van der Waals surface area contributed by atoms with Crippen LogP contribution in [0.3, 0.4) is 0 Å². The van der Waals surface area contributed by atoms with Crippen LogP contribution in [-0.2, 0) is 9.84 Å². The Morgan fingerprint density at radius 3 is 2.47 bits per heavy atom. The zero-order valence-corrected chi connectivity index (χ0v) is 9.73. The molecule has 0 bridgehead atoms. The molecule has 0 fully saturated rings. The van der Waals surface area contributed by atoms with Gasteiger partial charge in [0.15, 0.2) is 14.9 Å². The summed E-state index contributed by atoms with van der Waals surface area (Å²) in [4.78, 5) is 11.4. The zero-order chi connectivity index (χ0) is 12.6. The average molecular weight is 251 g/mol. The SMILES string of the molecule is CS(=O)(=O)c1nnc2ccccc2c1C(N)=O. The zero-order valence-electron chi connectivity index (χ0n) is 8.91. The lowest BCUT2D eigenvalue weighted by atomic mass is 10.1. The maximum Gasteiger partial charge on any atom is 0.252 e. The molecule has 0 atom stereocenters. The minimum Gasteiger partial charge on any atom is -0.365 e. The number of aromatic nitrogens is 2. The summed E-state index contributed by atoms with van der Waals surface area (Å²) < 4.78 is 23.0. The van der Waals surface area contributed by atoms with Gasteiger partial charge >= 0.3 is 0 Å². The highest BCUT2D eigenvalue weighted by Gasteiger charge is 2.22. The van der Waals surface area contributed by atoms with Crippen molar-refractivity contribution in [1.29, 1.82) is 0 Å². The van der Waals surface area contributed by atoms with Gasteiger partial charge in [0, 0.05) is 11.6 Å². The van der Waals surface area contributed by atoms with E-state index in [0.29, 0.717) is 10.9 Å². The number of benzene rings is 1. The number of primary amides is 1. The van der Waals surface area contributed by atoms with E-state index in [-0.39, 0.29) is 10.6 Å². The van der Waals surface area contributed by atoms with Crippen molar-refractivity contribution in [3.05, 3.63) is 29.8 Å². The number of carbonyl (C=O) groups excluding carboxylic acids is 1. The Bertz CT molecular complexity index is 710. The molecule has 0 aliphatic carbocycles. The fourth-order valence-corrected chi connectivity index (χ4v) is 2.30. The summed E-state index contributed by atoms with van der Waals surface area (Å²) >= 11 is 0. The van der Waals surface area contributed by atoms with Crippen LogP contribution in [0, 0.1) is 0 Å². The summed E-state index contributed by atoms with van der Waals surface area (Å²) in [5, 5.41) is 7.31. The first kappa shape index (κ1) is 11.5. The van der Waals surface area contributed by atoms with E-state index in [2.05, 4.69) is 10.2 Å². The van der Waals surface area contributed by atoms with Gasteiger partial charge in [-0.1, -0.05) is 18.2 Å². The van der Waals surface area contributed by atoms with E-state index >= 15 is 0 Å². The third kappa shape index (κ3) is 1.96. The Balaban J connectivity index is 2.98. The van der Waals surface area contributed by atoms with E-state index in [1.807, 2.05) is 0 Å². The number of amides is 1. The highest BCUT2D eigenvalue weighted by molar-refractivity contribution is 7.90. The second-order valence-corrected chi connectivity index (χ2v) is 5.46. The summed E-state index contributed by atoms with van der Waals surface area (Å²) in [6.45, 7) is 0. The number of nitrogens with two attached hydrogens (primary N) is 1. The van der Waals surface area contributed by atoms with Gasteiger partial charge in [-0.25, -0.2) is 8.42 Å². The Kier molecular flexibility index (Phi) is 2.55. The molecule has 88 valence electrons. The number of sulfone groups is 1. The number of carbonyl (C=O) groups is 1. The van der Waals surface area contributed by atoms with Gasteiger partial charge in [-0.2, -0.15) is 0 Å². The molecule has 2 rings (SSSR count). The van der Waals surface area contributed by atoms with Crippen LogP contribution in [0.4, 0.5) is 0 Å². The van der Waals surface area contributed by atoms with Crippen LogP contribution in [0.25, 0.3) is 10.9 Å². The van der Waals surface area contributed by atoms with Crippen LogP contribution in [0.5, 0.6) is 0 Å². The van der Waals surface area contributed by atoms with Gasteiger partial charge in [-0.3, -0.25) is 4.79 Å². The minimum absolute atomic E-state index is 0.113. The predicted molar refractivity (Wildman–Crippen MR) is 61.2 cm³/mol. The predicted octanol–water partition coefficient (Wildman–Crippen LogP) is 0.132. The number of fused-ring (bicyclic) bond motifs is 1. The van der Waals surface area contributed by atoms with Crippen LogP contribution in [0.1, 0.15) is 10.4 Å². The van der Waals surface area contributed by atoms with Gasteiger partial charge in [-0.05, 0) is 6.07 Å². The Labute approximate surface area is 97.4 Å². The standard InChI is InChI=1S/C10H9N3O3S/c1-17(15,16)10-8(9(11)14)6-4-2-3-5-7(6)12-13-10/h2-5H,1H3,(H2,11,14). The van der Waals surface area contributed by atoms with Crippen LogP contribution in [0.15, 0.2) is 29.3 Å². The molecule has 2 N–H and O–H groups in total. The number of nitrogens with zero attached hydrogens (tertiary/aromatic N) is 2. The van der Waals surface area contributed by atoms with Gasteiger partial charge in [0.05, 0.1) is 11.1 Å². The van der Waals surface area contributed by atoms with Gasteiger partial charge in [-0.15, -0.1) is 10.2 Å². The summed E-state index contributed by atoms with van der Waals surface area (Å²) in [6.07, 6.45) is 0.957. The van der Waals surface area contributed by atoms with E-state index in [0.717, 1.165) is 6.26 Å². The van der Waals surface area contributed by atoms with Crippen molar-refractivity contribution in [2.24, 2.45) is 5.73 Å². The van der Waals surface area contributed by atoms with Crippen molar-refractivity contribution in [3.8, 4) is 0 Å². The van der Waals surface area contributed by atoms with Crippen LogP contribution < -0.4 is 5.73 Å². The van der Waals surface area contributed by atoms with Gasteiger partial charge in [0.2, 0.25) is 0 Å². The quantitative estimate of drug-likeness (QED) is 0.817. The molecule has 1 aromatic heterocycles. The molecule has 6 nitrogen and oxygen atoms in total.